The van der Waals surface area contributed by atoms with Crippen LogP contribution in [-0.4, -0.2) is 11.7 Å². The van der Waals surface area contributed by atoms with Gasteiger partial charge in [0, 0.05) is 5.92 Å². The first kappa shape index (κ1) is 9.05. The number of carbonyl (C=O) groups excluding carboxylic acids is 1. The number of hydrogen-bond donors (Lipinski definition) is 0. The van der Waals surface area contributed by atoms with Crippen LogP contribution >= 0.6 is 11.6 Å². The number of Topliss-reactive ketones (excluding diaryl/α,β-unsaturated/α-hetero) is 1. The van der Waals surface area contributed by atoms with Gasteiger partial charge in [0.1, 0.15) is 0 Å². The Hall–Kier alpha value is -0.0400. The van der Waals surface area contributed by atoms with Crippen LogP contribution in [0, 0.1) is 11.3 Å². The summed E-state index contributed by atoms with van der Waals surface area (Å²) in [7, 11) is 0. The maximum absolute atomic E-state index is 11.2. The van der Waals surface area contributed by atoms with Crippen LogP contribution in [0.15, 0.2) is 0 Å². The Bertz CT molecular complexity index is 163. The topological polar surface area (TPSA) is 17.1 Å². The number of hydrogen-bond acceptors (Lipinski definition) is 1. The lowest BCUT2D eigenvalue weighted by molar-refractivity contribution is -0.120. The van der Waals surface area contributed by atoms with Crippen LogP contribution in [0.3, 0.4) is 0 Å². The molecule has 0 bridgehead atoms. The average molecular weight is 175 g/mol. The summed E-state index contributed by atoms with van der Waals surface area (Å²) in [5.74, 6) is 0.681. The molecule has 1 nitrogen and oxygen atoms in total. The second-order valence-electron chi connectivity index (χ2n) is 4.20. The van der Waals surface area contributed by atoms with Crippen molar-refractivity contribution < 1.29 is 4.79 Å². The number of halogens is 1. The van der Waals surface area contributed by atoms with Crippen molar-refractivity contribution in [3.05, 3.63) is 0 Å². The monoisotopic (exact) mass is 174 g/mol. The fraction of sp³-hybridized carbons (Fsp3) is 0.889. The highest BCUT2D eigenvalue weighted by atomic mass is 35.5. The summed E-state index contributed by atoms with van der Waals surface area (Å²) in [6.45, 7) is 4.43. The highest BCUT2D eigenvalue weighted by Crippen LogP contribution is 2.41. The first-order chi connectivity index (χ1) is 5.05. The molecule has 0 spiro atoms. The molecule has 1 fully saturated rings. The van der Waals surface area contributed by atoms with E-state index in [1.165, 1.54) is 6.42 Å². The zero-order valence-electron chi connectivity index (χ0n) is 7.19. The summed E-state index contributed by atoms with van der Waals surface area (Å²) in [4.78, 5) is 11.2. The third-order valence-electron chi connectivity index (χ3n) is 2.56. The Morgan fingerprint density at radius 2 is 2.27 bits per heavy atom. The second-order valence-corrected chi connectivity index (χ2v) is 4.47. The first-order valence-corrected chi connectivity index (χ1v) is 4.67. The van der Waals surface area contributed by atoms with Crippen LogP contribution < -0.4 is 0 Å². The minimum absolute atomic E-state index is 0.195. The smallest absolute Gasteiger partial charge is 0.150 e. The van der Waals surface area contributed by atoms with E-state index in [4.69, 9.17) is 11.6 Å². The van der Waals surface area contributed by atoms with E-state index in [2.05, 4.69) is 13.8 Å². The van der Waals surface area contributed by atoms with Crippen molar-refractivity contribution in [3.8, 4) is 0 Å². The van der Waals surface area contributed by atoms with Crippen LogP contribution in [0.1, 0.15) is 33.1 Å². The summed E-state index contributed by atoms with van der Waals surface area (Å²) in [6, 6.07) is 0. The minimum Gasteiger partial charge on any atom is -0.298 e. The summed E-state index contributed by atoms with van der Waals surface area (Å²) in [5, 5.41) is 0. The van der Waals surface area contributed by atoms with E-state index in [1.807, 2.05) is 0 Å². The van der Waals surface area contributed by atoms with Crippen LogP contribution in [0.2, 0.25) is 0 Å². The second kappa shape index (κ2) is 3.14. The SMILES string of the molecule is CC1(C)CCC(C(=O)CCl)C1. The molecule has 1 unspecified atom stereocenters. The van der Waals surface area contributed by atoms with E-state index in [9.17, 15) is 4.79 Å². The lowest BCUT2D eigenvalue weighted by atomic mass is 9.90. The van der Waals surface area contributed by atoms with Gasteiger partial charge >= 0.3 is 0 Å². The molecule has 11 heavy (non-hydrogen) atoms. The van der Waals surface area contributed by atoms with Crippen molar-refractivity contribution in [3.63, 3.8) is 0 Å². The standard InChI is InChI=1S/C9H15ClO/c1-9(2)4-3-7(5-9)8(11)6-10/h7H,3-6H2,1-2H3. The summed E-state index contributed by atoms with van der Waals surface area (Å²) in [6.07, 6.45) is 3.23. The molecular formula is C9H15ClO. The van der Waals surface area contributed by atoms with Gasteiger partial charge in [-0.25, -0.2) is 0 Å². The zero-order valence-corrected chi connectivity index (χ0v) is 7.95. The van der Waals surface area contributed by atoms with Crippen molar-refractivity contribution in [1.29, 1.82) is 0 Å². The van der Waals surface area contributed by atoms with Gasteiger partial charge < -0.3 is 0 Å². The Kier molecular flexibility index (Phi) is 2.58. The molecule has 0 aromatic carbocycles. The molecule has 0 aliphatic heterocycles. The summed E-state index contributed by atoms with van der Waals surface area (Å²) < 4.78 is 0. The maximum Gasteiger partial charge on any atom is 0.150 e. The molecule has 1 saturated carbocycles. The molecule has 0 amide bonds. The van der Waals surface area contributed by atoms with Gasteiger partial charge in [0.25, 0.3) is 0 Å². The van der Waals surface area contributed by atoms with E-state index in [0.717, 1.165) is 12.8 Å². The highest BCUT2D eigenvalue weighted by molar-refractivity contribution is 6.27. The molecule has 1 atom stereocenters. The van der Waals surface area contributed by atoms with Crippen molar-refractivity contribution >= 4 is 17.4 Å². The van der Waals surface area contributed by atoms with E-state index in [-0.39, 0.29) is 17.6 Å². The van der Waals surface area contributed by atoms with E-state index in [1.54, 1.807) is 0 Å². The van der Waals surface area contributed by atoms with Gasteiger partial charge in [-0.2, -0.15) is 0 Å². The third-order valence-corrected chi connectivity index (χ3v) is 2.82. The molecular weight excluding hydrogens is 160 g/mol. The van der Waals surface area contributed by atoms with Gasteiger partial charge in [0.15, 0.2) is 5.78 Å². The molecule has 2 heteroatoms. The molecule has 64 valence electrons. The fourth-order valence-corrected chi connectivity index (χ4v) is 2.04. The molecule has 1 aliphatic rings. The normalized spacial score (nSPS) is 28.8. The Morgan fingerprint density at radius 1 is 1.64 bits per heavy atom. The van der Waals surface area contributed by atoms with Crippen molar-refractivity contribution in [1.82, 2.24) is 0 Å². The van der Waals surface area contributed by atoms with E-state index >= 15 is 0 Å². The molecule has 1 rings (SSSR count). The van der Waals surface area contributed by atoms with Gasteiger partial charge in [0.05, 0.1) is 5.88 Å². The molecule has 0 aromatic heterocycles. The van der Waals surface area contributed by atoms with Crippen LogP contribution in [0.4, 0.5) is 0 Å². The van der Waals surface area contributed by atoms with Gasteiger partial charge in [0.2, 0.25) is 0 Å². The quantitative estimate of drug-likeness (QED) is 0.589. The van der Waals surface area contributed by atoms with Gasteiger partial charge in [-0.05, 0) is 24.7 Å². The highest BCUT2D eigenvalue weighted by Gasteiger charge is 2.34. The largest absolute Gasteiger partial charge is 0.298 e. The Morgan fingerprint density at radius 3 is 2.64 bits per heavy atom. The van der Waals surface area contributed by atoms with Crippen molar-refractivity contribution in [2.45, 2.75) is 33.1 Å². The lowest BCUT2D eigenvalue weighted by Crippen LogP contribution is -2.14. The number of carbonyl (C=O) groups is 1. The van der Waals surface area contributed by atoms with Crippen LogP contribution in [-0.2, 0) is 4.79 Å². The van der Waals surface area contributed by atoms with Crippen LogP contribution in [0.5, 0.6) is 0 Å². The van der Waals surface area contributed by atoms with E-state index < -0.39 is 0 Å². The number of alkyl halides is 1. The van der Waals surface area contributed by atoms with Crippen LogP contribution in [0.25, 0.3) is 0 Å². The average Bonchev–Trinajstić information content (AvgIpc) is 2.29. The zero-order chi connectivity index (χ0) is 8.48. The molecule has 0 heterocycles. The van der Waals surface area contributed by atoms with Crippen molar-refractivity contribution in [2.75, 3.05) is 5.88 Å². The van der Waals surface area contributed by atoms with Crippen molar-refractivity contribution in [2.24, 2.45) is 11.3 Å². The first-order valence-electron chi connectivity index (χ1n) is 4.14. The molecule has 0 radical (unpaired) electrons. The summed E-state index contributed by atoms with van der Waals surface area (Å²) in [5.41, 5.74) is 0.367. The Balaban J connectivity index is 2.48. The van der Waals surface area contributed by atoms with Gasteiger partial charge in [-0.15, -0.1) is 11.6 Å². The predicted octanol–water partition coefficient (Wildman–Crippen LogP) is 2.62. The van der Waals surface area contributed by atoms with Gasteiger partial charge in [-0.1, -0.05) is 13.8 Å². The fourth-order valence-electron chi connectivity index (χ4n) is 1.82. The third kappa shape index (κ3) is 2.19. The summed E-state index contributed by atoms with van der Waals surface area (Å²) >= 11 is 5.48. The predicted molar refractivity (Wildman–Crippen MR) is 46.8 cm³/mol. The molecule has 0 saturated heterocycles. The number of rotatable bonds is 2. The Labute approximate surface area is 73.1 Å². The number of ketones is 1. The molecule has 0 aromatic rings. The van der Waals surface area contributed by atoms with E-state index in [0.29, 0.717) is 5.41 Å². The molecule has 1 aliphatic carbocycles. The van der Waals surface area contributed by atoms with Gasteiger partial charge in [-0.3, -0.25) is 4.79 Å². The maximum atomic E-state index is 11.2. The molecule has 0 N–H and O–H groups in total. The minimum atomic E-state index is 0.195. The lowest BCUT2D eigenvalue weighted by Gasteiger charge is -2.15.